The molecule has 5 heterocycles. The number of benzene rings is 1. The molecule has 190 valence electrons. The van der Waals surface area contributed by atoms with Crippen LogP contribution in [0.5, 0.6) is 5.88 Å². The van der Waals surface area contributed by atoms with E-state index in [1.54, 1.807) is 12.3 Å². The van der Waals surface area contributed by atoms with Crippen molar-refractivity contribution in [3.8, 4) is 17.0 Å². The Hall–Kier alpha value is -3.98. The quantitative estimate of drug-likeness (QED) is 0.409. The van der Waals surface area contributed by atoms with Gasteiger partial charge in [0.1, 0.15) is 6.10 Å². The Morgan fingerprint density at radius 2 is 1.84 bits per heavy atom. The van der Waals surface area contributed by atoms with Gasteiger partial charge in [0.25, 0.3) is 5.91 Å². The molecule has 0 unspecified atom stereocenters. The van der Waals surface area contributed by atoms with E-state index in [1.807, 2.05) is 36.7 Å². The minimum Gasteiger partial charge on any atom is -0.474 e. The highest BCUT2D eigenvalue weighted by Crippen LogP contribution is 2.29. The van der Waals surface area contributed by atoms with Gasteiger partial charge in [-0.15, -0.1) is 0 Å². The Balaban J connectivity index is 1.17. The summed E-state index contributed by atoms with van der Waals surface area (Å²) in [5.41, 5.74) is 4.88. The normalized spacial score (nSPS) is 16.8. The van der Waals surface area contributed by atoms with Crippen molar-refractivity contribution in [1.82, 2.24) is 25.1 Å². The summed E-state index contributed by atoms with van der Waals surface area (Å²) >= 11 is 0. The number of nitrogens with one attached hydrogen (secondary N) is 2. The molecule has 0 bridgehead atoms. The monoisotopic (exact) mass is 497 g/mol. The first-order valence-electron chi connectivity index (χ1n) is 12.9. The van der Waals surface area contributed by atoms with Gasteiger partial charge in [-0.25, -0.2) is 4.98 Å². The molecule has 2 N–H and O–H groups in total. The molecule has 9 heteroatoms. The third-order valence-corrected chi connectivity index (χ3v) is 7.25. The third-order valence-electron chi connectivity index (χ3n) is 7.25. The van der Waals surface area contributed by atoms with Crippen molar-refractivity contribution < 1.29 is 9.53 Å². The number of amides is 1. The van der Waals surface area contributed by atoms with Crippen LogP contribution in [0, 0.1) is 0 Å². The summed E-state index contributed by atoms with van der Waals surface area (Å²) in [6, 6.07) is 11.8. The minimum atomic E-state index is -0.293. The first-order chi connectivity index (χ1) is 18.1. The van der Waals surface area contributed by atoms with Crippen molar-refractivity contribution in [3.05, 3.63) is 60.7 Å². The Morgan fingerprint density at radius 3 is 2.62 bits per heavy atom. The van der Waals surface area contributed by atoms with Crippen molar-refractivity contribution in [3.63, 3.8) is 0 Å². The predicted molar refractivity (Wildman–Crippen MR) is 144 cm³/mol. The molecular formula is C28H31N7O2. The van der Waals surface area contributed by atoms with Crippen molar-refractivity contribution in [2.45, 2.75) is 31.8 Å². The highest BCUT2D eigenvalue weighted by molar-refractivity contribution is 6.11. The van der Waals surface area contributed by atoms with E-state index < -0.39 is 0 Å². The van der Waals surface area contributed by atoms with Gasteiger partial charge < -0.3 is 19.9 Å². The van der Waals surface area contributed by atoms with E-state index in [2.05, 4.69) is 48.4 Å². The summed E-state index contributed by atoms with van der Waals surface area (Å²) in [6.07, 6.45) is 10.00. The van der Waals surface area contributed by atoms with Gasteiger partial charge in [0.05, 0.1) is 29.3 Å². The van der Waals surface area contributed by atoms with E-state index in [4.69, 9.17) is 4.74 Å². The summed E-state index contributed by atoms with van der Waals surface area (Å²) < 4.78 is 6.01. The number of aromatic amines is 1. The molecule has 3 aromatic heterocycles. The Kier molecular flexibility index (Phi) is 6.44. The molecule has 6 rings (SSSR count). The van der Waals surface area contributed by atoms with Crippen LogP contribution in [-0.4, -0.2) is 70.3 Å². The van der Waals surface area contributed by atoms with Gasteiger partial charge >= 0.3 is 0 Å². The number of hydrogen-bond donors (Lipinski definition) is 2. The maximum atomic E-state index is 13.1. The molecule has 1 amide bonds. The molecule has 2 aliphatic rings. The molecule has 2 fully saturated rings. The number of pyridine rings is 2. The van der Waals surface area contributed by atoms with Crippen LogP contribution in [0.4, 0.5) is 11.4 Å². The molecule has 0 spiro atoms. The van der Waals surface area contributed by atoms with Crippen molar-refractivity contribution in [2.75, 3.05) is 43.4 Å². The SMILES string of the molecule is CN1CCC(Oc2ccc(NC(=O)c3n[nH]c4ccc(-c5cncc(N6CCCC6)c5)cc34)cn2)CC1. The maximum Gasteiger partial charge on any atom is 0.276 e. The standard InChI is InChI=1S/C28H31N7O2/c1-34-12-8-23(9-13-34)37-26-7-5-21(17-30-26)31-28(36)27-24-15-19(4-6-25(24)32-33-27)20-14-22(18-29-16-20)35-10-2-3-11-35/h4-7,14-18,23H,2-3,8-13H2,1H3,(H,31,36)(H,32,33). The van der Waals surface area contributed by atoms with Gasteiger partial charge in [-0.05, 0) is 62.6 Å². The van der Waals surface area contributed by atoms with Crippen LogP contribution < -0.4 is 15.0 Å². The van der Waals surface area contributed by atoms with Crippen LogP contribution >= 0.6 is 0 Å². The van der Waals surface area contributed by atoms with E-state index in [0.717, 1.165) is 66.7 Å². The third kappa shape index (κ3) is 5.13. The lowest BCUT2D eigenvalue weighted by molar-refractivity contribution is 0.102. The minimum absolute atomic E-state index is 0.181. The Morgan fingerprint density at radius 1 is 1.00 bits per heavy atom. The van der Waals surface area contributed by atoms with E-state index in [1.165, 1.54) is 12.8 Å². The van der Waals surface area contributed by atoms with Gasteiger partial charge in [-0.2, -0.15) is 5.10 Å². The fourth-order valence-corrected chi connectivity index (χ4v) is 5.09. The van der Waals surface area contributed by atoms with Gasteiger partial charge in [-0.3, -0.25) is 14.9 Å². The summed E-state index contributed by atoms with van der Waals surface area (Å²) in [4.78, 5) is 26.7. The number of aromatic nitrogens is 4. The number of ether oxygens (including phenoxy) is 1. The molecular weight excluding hydrogens is 466 g/mol. The molecule has 0 aliphatic carbocycles. The lowest BCUT2D eigenvalue weighted by Crippen LogP contribution is -2.35. The molecule has 0 radical (unpaired) electrons. The average Bonchev–Trinajstić information content (AvgIpc) is 3.61. The predicted octanol–water partition coefficient (Wildman–Crippen LogP) is 4.35. The zero-order valence-corrected chi connectivity index (χ0v) is 21.0. The van der Waals surface area contributed by atoms with Crippen molar-refractivity contribution >= 4 is 28.2 Å². The van der Waals surface area contributed by atoms with Crippen LogP contribution in [0.2, 0.25) is 0 Å². The number of H-pyrrole nitrogens is 1. The zero-order valence-electron chi connectivity index (χ0n) is 21.0. The van der Waals surface area contributed by atoms with Crippen molar-refractivity contribution in [2.24, 2.45) is 0 Å². The van der Waals surface area contributed by atoms with E-state index in [9.17, 15) is 4.79 Å². The summed E-state index contributed by atoms with van der Waals surface area (Å²) in [6.45, 7) is 4.18. The second-order valence-corrected chi connectivity index (χ2v) is 9.92. The van der Waals surface area contributed by atoms with Gasteiger partial charge in [0.15, 0.2) is 5.69 Å². The van der Waals surface area contributed by atoms with E-state index in [0.29, 0.717) is 17.3 Å². The van der Waals surface area contributed by atoms with Crippen LogP contribution in [0.15, 0.2) is 55.0 Å². The first kappa shape index (κ1) is 23.4. The fourth-order valence-electron chi connectivity index (χ4n) is 5.09. The van der Waals surface area contributed by atoms with E-state index in [-0.39, 0.29) is 12.0 Å². The Bertz CT molecular complexity index is 1390. The fraction of sp³-hybridized carbons (Fsp3) is 0.357. The van der Waals surface area contributed by atoms with E-state index >= 15 is 0 Å². The first-order valence-corrected chi connectivity index (χ1v) is 12.9. The average molecular weight is 498 g/mol. The second-order valence-electron chi connectivity index (χ2n) is 9.92. The number of likely N-dealkylation sites (tertiary alicyclic amines) is 1. The number of carbonyl (C=O) groups excluding carboxylic acids is 1. The summed E-state index contributed by atoms with van der Waals surface area (Å²) in [5, 5.41) is 10.9. The number of hydrogen-bond acceptors (Lipinski definition) is 7. The largest absolute Gasteiger partial charge is 0.474 e. The number of anilines is 2. The van der Waals surface area contributed by atoms with Gasteiger partial charge in [-0.1, -0.05) is 6.07 Å². The number of piperidine rings is 1. The number of rotatable bonds is 6. The molecule has 2 saturated heterocycles. The van der Waals surface area contributed by atoms with Crippen LogP contribution in [-0.2, 0) is 0 Å². The molecule has 37 heavy (non-hydrogen) atoms. The summed E-state index contributed by atoms with van der Waals surface area (Å²) in [5.74, 6) is 0.283. The molecule has 2 aliphatic heterocycles. The topological polar surface area (TPSA) is 99.3 Å². The molecule has 0 saturated carbocycles. The van der Waals surface area contributed by atoms with Gasteiger partial charge in [0.2, 0.25) is 5.88 Å². The number of carbonyl (C=O) groups is 1. The Labute approximate surface area is 215 Å². The van der Waals surface area contributed by atoms with Crippen LogP contribution in [0.3, 0.4) is 0 Å². The summed E-state index contributed by atoms with van der Waals surface area (Å²) in [7, 11) is 2.12. The smallest absolute Gasteiger partial charge is 0.276 e. The molecule has 0 atom stereocenters. The van der Waals surface area contributed by atoms with Crippen LogP contribution in [0.25, 0.3) is 22.0 Å². The van der Waals surface area contributed by atoms with Crippen LogP contribution in [0.1, 0.15) is 36.2 Å². The van der Waals surface area contributed by atoms with Gasteiger partial charge in [0, 0.05) is 49.4 Å². The lowest BCUT2D eigenvalue weighted by Gasteiger charge is -2.28. The second kappa shape index (κ2) is 10.2. The van der Waals surface area contributed by atoms with Crippen molar-refractivity contribution in [1.29, 1.82) is 0 Å². The maximum absolute atomic E-state index is 13.1. The zero-order chi connectivity index (χ0) is 25.2. The number of nitrogens with zero attached hydrogens (tertiary/aromatic N) is 5. The lowest BCUT2D eigenvalue weighted by atomic mass is 10.0. The molecule has 4 aromatic rings. The highest BCUT2D eigenvalue weighted by Gasteiger charge is 2.19. The molecule has 1 aromatic carbocycles. The highest BCUT2D eigenvalue weighted by atomic mass is 16.5. The number of fused-ring (bicyclic) bond motifs is 1. The molecule has 9 nitrogen and oxygen atoms in total.